The molecule has 1 aromatic carbocycles. The Kier molecular flexibility index (Phi) is 9.64. The van der Waals surface area contributed by atoms with Crippen molar-refractivity contribution in [2.75, 3.05) is 0 Å². The minimum absolute atomic E-state index is 0.0267. The molecule has 16 heteroatoms. The Hall–Kier alpha value is -5.77. The topological polar surface area (TPSA) is 252 Å². The van der Waals surface area contributed by atoms with Gasteiger partial charge in [0.2, 0.25) is 17.7 Å². The van der Waals surface area contributed by atoms with Crippen LogP contribution in [0.1, 0.15) is 22.6 Å². The van der Waals surface area contributed by atoms with Gasteiger partial charge in [0.25, 0.3) is 0 Å². The van der Waals surface area contributed by atoms with Crippen molar-refractivity contribution in [3.05, 3.63) is 90.7 Å². The number of carbonyl (C=O) groups is 4. The van der Waals surface area contributed by atoms with Crippen molar-refractivity contribution in [1.29, 1.82) is 0 Å². The molecular weight excluding hydrogens is 582 g/mol. The molecule has 0 fully saturated rings. The molecule has 0 aliphatic heterocycles. The molecule has 0 saturated heterocycles. The molecule has 16 nitrogen and oxygen atoms in total. The number of carbonyl (C=O) groups excluding carboxylic acids is 3. The second-order valence-electron chi connectivity index (χ2n) is 10.5. The van der Waals surface area contributed by atoms with Crippen LogP contribution < -0.4 is 21.7 Å². The van der Waals surface area contributed by atoms with Gasteiger partial charge in [-0.05, 0) is 11.6 Å². The zero-order chi connectivity index (χ0) is 31.8. The Bertz CT molecular complexity index is 1710. The number of nitrogens with two attached hydrogens (primary N) is 1. The molecule has 0 spiro atoms. The van der Waals surface area contributed by atoms with Crippen LogP contribution in [0.2, 0.25) is 0 Å². The number of fused-ring (bicyclic) bond motifs is 1. The highest BCUT2D eigenvalue weighted by Gasteiger charge is 2.31. The number of nitrogens with zero attached hydrogens (tertiary/aromatic N) is 3. The second-order valence-corrected chi connectivity index (χ2v) is 10.5. The zero-order valence-corrected chi connectivity index (χ0v) is 24.0. The lowest BCUT2D eigenvalue weighted by atomic mass is 10.0. The van der Waals surface area contributed by atoms with Crippen molar-refractivity contribution in [3.8, 4) is 0 Å². The van der Waals surface area contributed by atoms with E-state index in [0.717, 1.165) is 16.5 Å². The third-order valence-electron chi connectivity index (χ3n) is 7.27. The molecule has 0 saturated carbocycles. The highest BCUT2D eigenvalue weighted by Crippen LogP contribution is 2.19. The molecule has 0 aliphatic carbocycles. The standard InChI is InChI=1S/C29H33N11O5/c30-21(6-17-10-31-13-35-17)26(41)38-23(5-16-9-34-22-4-2-1-3-20(16)22)27(42)39-24(7-18-11-32-14-36-18)28(43)40-25(29(44)45)8-19-12-33-15-37-19/h1-4,9-15,21,23-25,34H,5-8,30H2,(H,31,35)(H,32,36)(H,33,37)(H,38,41)(H,39,42)(H,40,43)(H,44,45). The van der Waals surface area contributed by atoms with E-state index in [-0.39, 0.29) is 25.7 Å². The first-order chi connectivity index (χ1) is 21.8. The van der Waals surface area contributed by atoms with Gasteiger partial charge in [-0.2, -0.15) is 0 Å². The number of carboxylic acid groups (broad SMARTS) is 1. The van der Waals surface area contributed by atoms with Crippen LogP contribution in [-0.2, 0) is 44.9 Å². The number of imidazole rings is 3. The zero-order valence-electron chi connectivity index (χ0n) is 24.0. The van der Waals surface area contributed by atoms with Crippen LogP contribution in [0.25, 0.3) is 10.9 Å². The Morgan fingerprint density at radius 2 is 1.20 bits per heavy atom. The van der Waals surface area contributed by atoms with Gasteiger partial charge in [-0.1, -0.05) is 18.2 Å². The van der Waals surface area contributed by atoms with Crippen molar-refractivity contribution < 1.29 is 24.3 Å². The molecule has 5 aromatic rings. The molecule has 0 aliphatic rings. The number of aromatic nitrogens is 7. The summed E-state index contributed by atoms with van der Waals surface area (Å²) in [5.41, 5.74) is 9.45. The van der Waals surface area contributed by atoms with E-state index in [4.69, 9.17) is 5.73 Å². The summed E-state index contributed by atoms with van der Waals surface area (Å²) < 4.78 is 0. The third-order valence-corrected chi connectivity index (χ3v) is 7.27. The summed E-state index contributed by atoms with van der Waals surface area (Å²) in [7, 11) is 0. The largest absolute Gasteiger partial charge is 0.480 e. The average Bonchev–Trinajstić information content (AvgIpc) is 3.85. The van der Waals surface area contributed by atoms with Gasteiger partial charge in [0.15, 0.2) is 0 Å². The number of amides is 3. The number of carboxylic acids is 1. The van der Waals surface area contributed by atoms with E-state index in [1.807, 2.05) is 24.3 Å². The summed E-state index contributed by atoms with van der Waals surface area (Å²) in [6.07, 6.45) is 10.7. The highest BCUT2D eigenvalue weighted by molar-refractivity contribution is 5.95. The maximum absolute atomic E-state index is 13.9. The van der Waals surface area contributed by atoms with E-state index in [1.165, 1.54) is 31.4 Å². The first-order valence-electron chi connectivity index (χ1n) is 14.1. The number of nitrogens with one attached hydrogen (secondary N) is 7. The van der Waals surface area contributed by atoms with E-state index < -0.39 is 47.9 Å². The lowest BCUT2D eigenvalue weighted by Gasteiger charge is -2.25. The normalized spacial score (nSPS) is 13.9. The molecule has 4 aromatic heterocycles. The first-order valence-corrected chi connectivity index (χ1v) is 14.1. The van der Waals surface area contributed by atoms with Gasteiger partial charge in [-0.25, -0.2) is 19.7 Å². The number of aromatic amines is 4. The molecule has 4 heterocycles. The average molecular weight is 616 g/mol. The van der Waals surface area contributed by atoms with E-state index in [0.29, 0.717) is 17.1 Å². The summed E-state index contributed by atoms with van der Waals surface area (Å²) in [5, 5.41) is 18.6. The van der Waals surface area contributed by atoms with Gasteiger partial charge in [-0.3, -0.25) is 14.4 Å². The predicted molar refractivity (Wildman–Crippen MR) is 160 cm³/mol. The van der Waals surface area contributed by atoms with Gasteiger partial charge in [0.05, 0.1) is 25.0 Å². The fourth-order valence-electron chi connectivity index (χ4n) is 4.92. The summed E-state index contributed by atoms with van der Waals surface area (Å²) in [4.78, 5) is 76.1. The number of aliphatic carboxylic acids is 1. The Morgan fingerprint density at radius 1 is 0.689 bits per heavy atom. The molecule has 0 bridgehead atoms. The van der Waals surface area contributed by atoms with E-state index >= 15 is 0 Å². The molecule has 10 N–H and O–H groups in total. The van der Waals surface area contributed by atoms with E-state index in [1.54, 1.807) is 12.4 Å². The number of hydrogen-bond donors (Lipinski definition) is 9. The van der Waals surface area contributed by atoms with Gasteiger partial charge in [0, 0.05) is 78.5 Å². The van der Waals surface area contributed by atoms with Crippen molar-refractivity contribution in [1.82, 2.24) is 50.8 Å². The van der Waals surface area contributed by atoms with Gasteiger partial charge in [0.1, 0.15) is 18.1 Å². The SMILES string of the molecule is NC(Cc1cnc[nH]1)C(=O)NC(Cc1c[nH]c2ccccc12)C(=O)NC(Cc1cnc[nH]1)C(=O)NC(Cc1cnc[nH]1)C(=O)O. The minimum Gasteiger partial charge on any atom is -0.480 e. The number of rotatable bonds is 15. The predicted octanol–water partition coefficient (Wildman–Crippen LogP) is -0.526. The molecule has 234 valence electrons. The number of H-pyrrole nitrogens is 4. The van der Waals surface area contributed by atoms with E-state index in [9.17, 15) is 24.3 Å². The minimum atomic E-state index is -1.30. The summed E-state index contributed by atoms with van der Waals surface area (Å²) in [6, 6.07) is 2.86. The number of para-hydroxylation sites is 1. The summed E-state index contributed by atoms with van der Waals surface area (Å²) >= 11 is 0. The van der Waals surface area contributed by atoms with Crippen molar-refractivity contribution in [3.63, 3.8) is 0 Å². The van der Waals surface area contributed by atoms with Crippen molar-refractivity contribution in [2.24, 2.45) is 5.73 Å². The molecule has 5 rings (SSSR count). The van der Waals surface area contributed by atoms with Crippen LogP contribution in [-0.4, -0.2) is 87.9 Å². The Balaban J connectivity index is 1.36. The van der Waals surface area contributed by atoms with Crippen LogP contribution in [0.4, 0.5) is 0 Å². The lowest BCUT2D eigenvalue weighted by Crippen LogP contribution is -2.58. The third kappa shape index (κ3) is 7.99. The van der Waals surface area contributed by atoms with Gasteiger partial charge < -0.3 is 46.7 Å². The summed E-state index contributed by atoms with van der Waals surface area (Å²) in [6.45, 7) is 0. The van der Waals surface area contributed by atoms with Crippen LogP contribution in [0.5, 0.6) is 0 Å². The second kappa shape index (κ2) is 14.1. The smallest absolute Gasteiger partial charge is 0.326 e. The van der Waals surface area contributed by atoms with Crippen molar-refractivity contribution >= 4 is 34.6 Å². The van der Waals surface area contributed by atoms with Gasteiger partial charge in [-0.15, -0.1) is 0 Å². The maximum atomic E-state index is 13.9. The number of hydrogen-bond acceptors (Lipinski definition) is 8. The molecule has 4 unspecified atom stereocenters. The fourth-order valence-corrected chi connectivity index (χ4v) is 4.92. The highest BCUT2D eigenvalue weighted by atomic mass is 16.4. The van der Waals surface area contributed by atoms with Crippen LogP contribution in [0.3, 0.4) is 0 Å². The lowest BCUT2D eigenvalue weighted by molar-refractivity contribution is -0.142. The fraction of sp³-hybridized carbons (Fsp3) is 0.276. The maximum Gasteiger partial charge on any atom is 0.326 e. The monoisotopic (exact) mass is 615 g/mol. The molecular formula is C29H33N11O5. The Labute approximate surface area is 256 Å². The van der Waals surface area contributed by atoms with Gasteiger partial charge >= 0.3 is 5.97 Å². The molecule has 45 heavy (non-hydrogen) atoms. The Morgan fingerprint density at radius 3 is 1.78 bits per heavy atom. The molecule has 3 amide bonds. The van der Waals surface area contributed by atoms with Crippen molar-refractivity contribution in [2.45, 2.75) is 49.9 Å². The quantitative estimate of drug-likeness (QED) is 0.0733. The van der Waals surface area contributed by atoms with Crippen LogP contribution >= 0.6 is 0 Å². The summed E-state index contributed by atoms with van der Waals surface area (Å²) in [5.74, 6) is -3.24. The van der Waals surface area contributed by atoms with Crippen LogP contribution in [0.15, 0.2) is 68.0 Å². The molecule has 4 atom stereocenters. The number of benzene rings is 1. The first kappa shape index (κ1) is 30.7. The van der Waals surface area contributed by atoms with Crippen LogP contribution in [0, 0.1) is 0 Å². The molecule has 0 radical (unpaired) electrons. The van der Waals surface area contributed by atoms with E-state index in [2.05, 4.69) is 50.8 Å².